The molecule has 0 unspecified atom stereocenters. The van der Waals surface area contributed by atoms with Gasteiger partial charge in [-0.3, -0.25) is 4.98 Å². The lowest BCUT2D eigenvalue weighted by Gasteiger charge is -2.06. The zero-order valence-electron chi connectivity index (χ0n) is 8.23. The van der Waals surface area contributed by atoms with Gasteiger partial charge in [0.2, 0.25) is 0 Å². The first-order valence-corrected chi connectivity index (χ1v) is 4.38. The maximum Gasteiger partial charge on any atom is 0.0951 e. The highest BCUT2D eigenvalue weighted by Gasteiger charge is 2.09. The molecule has 0 amide bonds. The molecular weight excluding hydrogens is 176 g/mol. The molecule has 0 aliphatic rings. The Morgan fingerprint density at radius 2 is 2.21 bits per heavy atom. The smallest absolute Gasteiger partial charge is 0.0951 e. The average molecular weight is 188 g/mol. The Hall–Kier alpha value is -1.84. The van der Waals surface area contributed by atoms with Gasteiger partial charge >= 0.3 is 0 Å². The van der Waals surface area contributed by atoms with Crippen molar-refractivity contribution in [3.8, 4) is 11.3 Å². The molecule has 14 heavy (non-hydrogen) atoms. The van der Waals surface area contributed by atoms with Crippen LogP contribution in [0, 0.1) is 6.92 Å². The summed E-state index contributed by atoms with van der Waals surface area (Å²) in [6, 6.07) is 1.90. The third-order valence-electron chi connectivity index (χ3n) is 2.23. The number of imidazole rings is 1. The molecule has 0 aromatic carbocycles. The number of pyridine rings is 1. The standard InChI is InChI=1S/C10H12N4/c1-7-10(14(2)6-13-7)8-3-4-12-5-9(8)11/h3-6H,11H2,1-2H3. The van der Waals surface area contributed by atoms with Crippen molar-refractivity contribution < 1.29 is 0 Å². The highest BCUT2D eigenvalue weighted by molar-refractivity contribution is 5.74. The van der Waals surface area contributed by atoms with Crippen molar-refractivity contribution in [2.45, 2.75) is 6.92 Å². The highest BCUT2D eigenvalue weighted by atomic mass is 15.0. The summed E-state index contributed by atoms with van der Waals surface area (Å²) in [6.07, 6.45) is 5.17. The van der Waals surface area contributed by atoms with Crippen LogP contribution < -0.4 is 5.73 Å². The van der Waals surface area contributed by atoms with Gasteiger partial charge in [-0.2, -0.15) is 0 Å². The van der Waals surface area contributed by atoms with Gasteiger partial charge in [-0.25, -0.2) is 4.98 Å². The van der Waals surface area contributed by atoms with E-state index in [-0.39, 0.29) is 0 Å². The molecule has 0 bridgehead atoms. The molecule has 0 aliphatic heterocycles. The molecule has 0 atom stereocenters. The first-order chi connectivity index (χ1) is 6.70. The summed E-state index contributed by atoms with van der Waals surface area (Å²) in [4.78, 5) is 8.18. The van der Waals surface area contributed by atoms with Gasteiger partial charge in [-0.1, -0.05) is 0 Å². The minimum absolute atomic E-state index is 0.680. The number of aryl methyl sites for hydroxylation is 2. The van der Waals surface area contributed by atoms with Crippen LogP contribution in [0.5, 0.6) is 0 Å². The molecule has 0 aliphatic carbocycles. The Kier molecular flexibility index (Phi) is 1.96. The predicted octanol–water partition coefficient (Wildman–Crippen LogP) is 1.37. The normalized spacial score (nSPS) is 10.4. The second kappa shape index (κ2) is 3.14. The third-order valence-corrected chi connectivity index (χ3v) is 2.23. The first kappa shape index (κ1) is 8.74. The monoisotopic (exact) mass is 188 g/mol. The molecule has 0 saturated heterocycles. The van der Waals surface area contributed by atoms with Crippen LogP contribution >= 0.6 is 0 Å². The number of nitrogen functional groups attached to an aromatic ring is 1. The Morgan fingerprint density at radius 3 is 2.79 bits per heavy atom. The molecule has 4 nitrogen and oxygen atoms in total. The summed E-state index contributed by atoms with van der Waals surface area (Å²) in [5.41, 5.74) is 9.53. The van der Waals surface area contributed by atoms with Crippen molar-refractivity contribution in [3.05, 3.63) is 30.5 Å². The minimum atomic E-state index is 0.680. The molecule has 2 heterocycles. The van der Waals surface area contributed by atoms with E-state index in [0.29, 0.717) is 5.69 Å². The first-order valence-electron chi connectivity index (χ1n) is 4.38. The molecule has 0 saturated carbocycles. The summed E-state index contributed by atoms with van der Waals surface area (Å²) in [6.45, 7) is 1.97. The van der Waals surface area contributed by atoms with Crippen molar-refractivity contribution in [2.24, 2.45) is 7.05 Å². The largest absolute Gasteiger partial charge is 0.397 e. The molecule has 0 spiro atoms. The maximum atomic E-state index is 5.85. The lowest BCUT2D eigenvalue weighted by molar-refractivity contribution is 0.921. The van der Waals surface area contributed by atoms with E-state index in [1.807, 2.05) is 24.6 Å². The lowest BCUT2D eigenvalue weighted by atomic mass is 10.1. The van der Waals surface area contributed by atoms with Gasteiger partial charge in [-0.15, -0.1) is 0 Å². The molecule has 2 aromatic heterocycles. The van der Waals surface area contributed by atoms with Crippen LogP contribution in [0.1, 0.15) is 5.69 Å². The summed E-state index contributed by atoms with van der Waals surface area (Å²) in [7, 11) is 1.95. The van der Waals surface area contributed by atoms with Crippen molar-refractivity contribution >= 4 is 5.69 Å². The van der Waals surface area contributed by atoms with Gasteiger partial charge in [0.1, 0.15) is 0 Å². The molecule has 2 rings (SSSR count). The Morgan fingerprint density at radius 1 is 1.43 bits per heavy atom. The van der Waals surface area contributed by atoms with Crippen LogP contribution in [-0.2, 0) is 7.05 Å². The van der Waals surface area contributed by atoms with E-state index in [1.54, 1.807) is 18.7 Å². The summed E-state index contributed by atoms with van der Waals surface area (Å²) >= 11 is 0. The molecule has 4 heteroatoms. The fourth-order valence-electron chi connectivity index (χ4n) is 1.55. The summed E-state index contributed by atoms with van der Waals surface area (Å²) in [5.74, 6) is 0. The number of nitrogens with zero attached hydrogens (tertiary/aromatic N) is 3. The number of hydrogen-bond donors (Lipinski definition) is 1. The zero-order chi connectivity index (χ0) is 10.1. The average Bonchev–Trinajstić information content (AvgIpc) is 2.48. The highest BCUT2D eigenvalue weighted by Crippen LogP contribution is 2.26. The Labute approximate surface area is 82.4 Å². The number of rotatable bonds is 1. The van der Waals surface area contributed by atoms with Crippen molar-refractivity contribution in [1.82, 2.24) is 14.5 Å². The van der Waals surface area contributed by atoms with Gasteiger partial charge in [0.25, 0.3) is 0 Å². The van der Waals surface area contributed by atoms with Crippen LogP contribution in [0.4, 0.5) is 5.69 Å². The van der Waals surface area contributed by atoms with Crippen molar-refractivity contribution in [2.75, 3.05) is 5.73 Å². The Bertz CT molecular complexity index is 439. The second-order valence-electron chi connectivity index (χ2n) is 3.25. The lowest BCUT2D eigenvalue weighted by Crippen LogP contribution is -1.96. The van der Waals surface area contributed by atoms with E-state index in [0.717, 1.165) is 17.0 Å². The van der Waals surface area contributed by atoms with Crippen LogP contribution in [-0.4, -0.2) is 14.5 Å². The van der Waals surface area contributed by atoms with Gasteiger partial charge in [0, 0.05) is 18.8 Å². The van der Waals surface area contributed by atoms with E-state index in [2.05, 4.69) is 9.97 Å². The SMILES string of the molecule is Cc1ncn(C)c1-c1ccncc1N. The van der Waals surface area contributed by atoms with E-state index in [1.165, 1.54) is 0 Å². The zero-order valence-corrected chi connectivity index (χ0v) is 8.23. The minimum Gasteiger partial charge on any atom is -0.397 e. The molecule has 2 N–H and O–H groups in total. The van der Waals surface area contributed by atoms with Crippen molar-refractivity contribution in [1.29, 1.82) is 0 Å². The van der Waals surface area contributed by atoms with E-state index < -0.39 is 0 Å². The topological polar surface area (TPSA) is 56.7 Å². The second-order valence-corrected chi connectivity index (χ2v) is 3.25. The summed E-state index contributed by atoms with van der Waals surface area (Å²) < 4.78 is 1.96. The number of aromatic nitrogens is 3. The van der Waals surface area contributed by atoms with Gasteiger partial charge < -0.3 is 10.3 Å². The third kappa shape index (κ3) is 1.25. The number of nitrogens with two attached hydrogens (primary N) is 1. The quantitative estimate of drug-likeness (QED) is 0.735. The molecular formula is C10H12N4. The van der Waals surface area contributed by atoms with Crippen LogP contribution in [0.15, 0.2) is 24.8 Å². The van der Waals surface area contributed by atoms with Crippen LogP contribution in [0.25, 0.3) is 11.3 Å². The van der Waals surface area contributed by atoms with Gasteiger partial charge in [0.15, 0.2) is 0 Å². The fourth-order valence-corrected chi connectivity index (χ4v) is 1.55. The Balaban J connectivity index is 2.66. The summed E-state index contributed by atoms with van der Waals surface area (Å²) in [5, 5.41) is 0. The molecule has 0 fully saturated rings. The predicted molar refractivity (Wildman–Crippen MR) is 55.6 cm³/mol. The van der Waals surface area contributed by atoms with E-state index >= 15 is 0 Å². The molecule has 0 radical (unpaired) electrons. The number of hydrogen-bond acceptors (Lipinski definition) is 3. The fraction of sp³-hybridized carbons (Fsp3) is 0.200. The number of anilines is 1. The molecule has 2 aromatic rings. The molecule has 72 valence electrons. The van der Waals surface area contributed by atoms with Gasteiger partial charge in [-0.05, 0) is 13.0 Å². The van der Waals surface area contributed by atoms with E-state index in [4.69, 9.17) is 5.73 Å². The van der Waals surface area contributed by atoms with Crippen LogP contribution in [0.2, 0.25) is 0 Å². The van der Waals surface area contributed by atoms with E-state index in [9.17, 15) is 0 Å². The van der Waals surface area contributed by atoms with Crippen LogP contribution in [0.3, 0.4) is 0 Å². The van der Waals surface area contributed by atoms with Crippen molar-refractivity contribution in [3.63, 3.8) is 0 Å². The maximum absolute atomic E-state index is 5.85. The van der Waals surface area contributed by atoms with Gasteiger partial charge in [0.05, 0.1) is 29.6 Å².